The third-order valence-electron chi connectivity index (χ3n) is 10.7. The van der Waals surface area contributed by atoms with Crippen LogP contribution >= 0.6 is 0 Å². The molecule has 0 aromatic carbocycles. The Labute approximate surface area is 188 Å². The van der Waals surface area contributed by atoms with Crippen molar-refractivity contribution >= 4 is 7.12 Å². The SMILES string of the molecule is CC(C)(C)B1OC[C@@H](O)[C@]2(CC[C@H]3[C@@H]4CC[C@H]5C[C@@H](O)CC[C@]5(C)[C@H]4[C@@H](O)C[C@@]32C)O1. The van der Waals surface area contributed by atoms with Crippen molar-refractivity contribution in [3.8, 4) is 0 Å². The Hall–Kier alpha value is -0.135. The molecule has 1 saturated heterocycles. The first kappa shape index (κ1) is 22.6. The van der Waals surface area contributed by atoms with Crippen LogP contribution in [-0.4, -0.2) is 53.0 Å². The number of rotatable bonds is 0. The lowest BCUT2D eigenvalue weighted by molar-refractivity contribution is -0.231. The maximum Gasteiger partial charge on any atom is 0.463 e. The highest BCUT2D eigenvalue weighted by Gasteiger charge is 2.71. The molecule has 5 fully saturated rings. The Balaban J connectivity index is 1.48. The van der Waals surface area contributed by atoms with E-state index in [0.717, 1.165) is 44.9 Å². The van der Waals surface area contributed by atoms with E-state index in [4.69, 9.17) is 9.31 Å². The highest BCUT2D eigenvalue weighted by atomic mass is 16.6. The van der Waals surface area contributed by atoms with Crippen LogP contribution in [0.2, 0.25) is 5.31 Å². The largest absolute Gasteiger partial charge is 0.463 e. The Bertz CT molecular complexity index is 711. The molecule has 4 saturated carbocycles. The second-order valence-electron chi connectivity index (χ2n) is 13.3. The van der Waals surface area contributed by atoms with Gasteiger partial charge in [0, 0.05) is 5.41 Å². The third kappa shape index (κ3) is 3.07. The van der Waals surface area contributed by atoms with Crippen molar-refractivity contribution in [2.75, 3.05) is 6.61 Å². The number of fused-ring (bicyclic) bond motifs is 6. The van der Waals surface area contributed by atoms with Crippen molar-refractivity contribution in [3.05, 3.63) is 0 Å². The van der Waals surface area contributed by atoms with Crippen LogP contribution < -0.4 is 0 Å². The monoisotopic (exact) mass is 434 g/mol. The maximum atomic E-state index is 11.7. The lowest BCUT2D eigenvalue weighted by atomic mass is 9.43. The van der Waals surface area contributed by atoms with Crippen molar-refractivity contribution in [1.82, 2.24) is 0 Å². The molecule has 4 aliphatic carbocycles. The van der Waals surface area contributed by atoms with Gasteiger partial charge in [-0.2, -0.15) is 0 Å². The minimum Gasteiger partial charge on any atom is -0.408 e. The summed E-state index contributed by atoms with van der Waals surface area (Å²) >= 11 is 0. The molecule has 0 amide bonds. The fourth-order valence-electron chi connectivity index (χ4n) is 9.17. The lowest BCUT2D eigenvalue weighted by Gasteiger charge is -2.64. The van der Waals surface area contributed by atoms with E-state index in [2.05, 4.69) is 34.6 Å². The summed E-state index contributed by atoms with van der Waals surface area (Å²) in [5.74, 6) is 1.74. The number of aliphatic hydroxyl groups excluding tert-OH is 3. The molecular weight excluding hydrogens is 391 g/mol. The Morgan fingerprint density at radius 3 is 2.42 bits per heavy atom. The zero-order valence-electron chi connectivity index (χ0n) is 20.1. The quantitative estimate of drug-likeness (QED) is 0.506. The molecule has 0 unspecified atom stereocenters. The topological polar surface area (TPSA) is 79.2 Å². The summed E-state index contributed by atoms with van der Waals surface area (Å²) in [5.41, 5.74) is -0.778. The zero-order valence-corrected chi connectivity index (χ0v) is 20.1. The molecule has 6 heteroatoms. The van der Waals surface area contributed by atoms with Gasteiger partial charge >= 0.3 is 7.12 Å². The molecule has 1 aliphatic heterocycles. The fourth-order valence-corrected chi connectivity index (χ4v) is 9.17. The van der Waals surface area contributed by atoms with Gasteiger partial charge in [0.15, 0.2) is 0 Å². The molecule has 1 spiro atoms. The molecule has 0 radical (unpaired) electrons. The van der Waals surface area contributed by atoms with Gasteiger partial charge in [0.25, 0.3) is 0 Å². The molecule has 5 rings (SSSR count). The van der Waals surface area contributed by atoms with E-state index < -0.39 is 11.7 Å². The summed E-state index contributed by atoms with van der Waals surface area (Å²) in [4.78, 5) is 0. The molecule has 31 heavy (non-hydrogen) atoms. The average molecular weight is 434 g/mol. The first-order valence-electron chi connectivity index (χ1n) is 12.8. The van der Waals surface area contributed by atoms with E-state index in [1.165, 1.54) is 0 Å². The fraction of sp³-hybridized carbons (Fsp3) is 1.00. The molecule has 1 heterocycles. The molecule has 0 bridgehead atoms. The van der Waals surface area contributed by atoms with Crippen molar-refractivity contribution < 1.29 is 24.6 Å². The molecule has 0 aromatic heterocycles. The van der Waals surface area contributed by atoms with E-state index in [9.17, 15) is 15.3 Å². The van der Waals surface area contributed by atoms with Crippen LogP contribution in [0, 0.1) is 34.5 Å². The van der Waals surface area contributed by atoms with Gasteiger partial charge in [-0.3, -0.25) is 0 Å². The second kappa shape index (κ2) is 7.18. The highest BCUT2D eigenvalue weighted by Crippen LogP contribution is 2.70. The van der Waals surface area contributed by atoms with Crippen LogP contribution in [0.4, 0.5) is 0 Å². The van der Waals surface area contributed by atoms with E-state index in [0.29, 0.717) is 36.7 Å². The van der Waals surface area contributed by atoms with Crippen molar-refractivity contribution in [2.45, 2.75) is 115 Å². The molecule has 5 aliphatic rings. The minimum atomic E-state index is -0.651. The molecule has 176 valence electrons. The predicted octanol–water partition coefficient (Wildman–Crippen LogP) is 3.80. The van der Waals surface area contributed by atoms with Gasteiger partial charge in [-0.25, -0.2) is 0 Å². The van der Waals surface area contributed by atoms with Gasteiger partial charge in [-0.1, -0.05) is 34.6 Å². The van der Waals surface area contributed by atoms with E-state index in [-0.39, 0.29) is 35.5 Å². The van der Waals surface area contributed by atoms with Gasteiger partial charge in [0.05, 0.1) is 24.4 Å². The average Bonchev–Trinajstić information content (AvgIpc) is 2.96. The molecule has 3 N–H and O–H groups in total. The van der Waals surface area contributed by atoms with Crippen molar-refractivity contribution in [2.24, 2.45) is 34.5 Å². The highest BCUT2D eigenvalue weighted by molar-refractivity contribution is 6.48. The Kier molecular flexibility index (Phi) is 5.25. The van der Waals surface area contributed by atoms with Gasteiger partial charge in [0.2, 0.25) is 0 Å². The predicted molar refractivity (Wildman–Crippen MR) is 120 cm³/mol. The standard InChI is InChI=1S/C25H43BO5/c1-22(2,3)26-30-14-20(29)25(31-26)11-9-18-17-7-6-15-12-16(27)8-10-23(15,4)21(17)19(28)13-24(18,25)5/h15-21,27-29H,6-14H2,1-5H3/t15-,16-,17-,18-,19-,20+,21+,23-,24-,25-/m0/s1. The van der Waals surface area contributed by atoms with Crippen LogP contribution in [0.1, 0.15) is 86.0 Å². The lowest BCUT2D eigenvalue weighted by Crippen LogP contribution is -2.68. The molecule has 10 atom stereocenters. The number of hydrogen-bond acceptors (Lipinski definition) is 5. The first-order chi connectivity index (χ1) is 14.4. The number of aliphatic hydroxyl groups is 3. The summed E-state index contributed by atoms with van der Waals surface area (Å²) in [7, 11) is -0.338. The summed E-state index contributed by atoms with van der Waals surface area (Å²) in [6, 6.07) is 0. The Morgan fingerprint density at radius 2 is 1.71 bits per heavy atom. The van der Waals surface area contributed by atoms with Crippen molar-refractivity contribution in [1.29, 1.82) is 0 Å². The molecular formula is C25H43BO5. The normalized spacial score (nSPS) is 55.0. The summed E-state index contributed by atoms with van der Waals surface area (Å²) in [6.45, 7) is 11.4. The molecule has 5 nitrogen and oxygen atoms in total. The van der Waals surface area contributed by atoms with Crippen LogP contribution in [0.15, 0.2) is 0 Å². The maximum absolute atomic E-state index is 11.7. The molecule has 0 aromatic rings. The summed E-state index contributed by atoms with van der Waals surface area (Å²) in [6.07, 6.45) is 6.45. The summed E-state index contributed by atoms with van der Waals surface area (Å²) in [5, 5.41) is 33.0. The van der Waals surface area contributed by atoms with Crippen LogP contribution in [-0.2, 0) is 9.31 Å². The third-order valence-corrected chi connectivity index (χ3v) is 10.7. The summed E-state index contributed by atoms with van der Waals surface area (Å²) < 4.78 is 12.7. The smallest absolute Gasteiger partial charge is 0.408 e. The van der Waals surface area contributed by atoms with Crippen molar-refractivity contribution in [3.63, 3.8) is 0 Å². The van der Waals surface area contributed by atoms with Gasteiger partial charge in [-0.05, 0) is 85.8 Å². The first-order valence-corrected chi connectivity index (χ1v) is 12.8. The van der Waals surface area contributed by atoms with E-state index in [1.807, 2.05) is 0 Å². The van der Waals surface area contributed by atoms with Crippen LogP contribution in [0.3, 0.4) is 0 Å². The Morgan fingerprint density at radius 1 is 0.968 bits per heavy atom. The minimum absolute atomic E-state index is 0.113. The van der Waals surface area contributed by atoms with E-state index in [1.54, 1.807) is 0 Å². The van der Waals surface area contributed by atoms with Crippen LogP contribution in [0.5, 0.6) is 0 Å². The second-order valence-corrected chi connectivity index (χ2v) is 13.3. The van der Waals surface area contributed by atoms with E-state index >= 15 is 0 Å². The van der Waals surface area contributed by atoms with Crippen LogP contribution in [0.25, 0.3) is 0 Å². The van der Waals surface area contributed by atoms with Gasteiger partial charge < -0.3 is 24.6 Å². The number of hydrogen-bond donors (Lipinski definition) is 3. The van der Waals surface area contributed by atoms with Gasteiger partial charge in [-0.15, -0.1) is 0 Å². The van der Waals surface area contributed by atoms with Gasteiger partial charge in [0.1, 0.15) is 6.10 Å². The zero-order chi connectivity index (χ0) is 22.4.